The normalized spacial score (nSPS) is 9.90. The van der Waals surface area contributed by atoms with Crippen LogP contribution in [0.5, 0.6) is 0 Å². The Kier molecular flexibility index (Phi) is 3.76. The molecule has 0 saturated heterocycles. The molecule has 0 aliphatic rings. The Balaban J connectivity index is 2.36. The van der Waals surface area contributed by atoms with Gasteiger partial charge in [0.2, 0.25) is 0 Å². The summed E-state index contributed by atoms with van der Waals surface area (Å²) in [6.07, 6.45) is 1.53. The van der Waals surface area contributed by atoms with Crippen molar-refractivity contribution < 1.29 is 0 Å². The van der Waals surface area contributed by atoms with E-state index in [1.54, 1.807) is 6.07 Å². The second-order valence-corrected chi connectivity index (χ2v) is 4.80. The summed E-state index contributed by atoms with van der Waals surface area (Å²) in [7, 11) is 3.99. The predicted molar refractivity (Wildman–Crippen MR) is 82.2 cm³/mol. The van der Waals surface area contributed by atoms with Gasteiger partial charge in [0.25, 0.3) is 0 Å². The molecule has 2 rings (SSSR count). The predicted octanol–water partition coefficient (Wildman–Crippen LogP) is 2.65. The van der Waals surface area contributed by atoms with Crippen LogP contribution < -0.4 is 16.0 Å². The highest BCUT2D eigenvalue weighted by atomic mass is 15.1. The van der Waals surface area contributed by atoms with E-state index in [1.807, 2.05) is 37.2 Å². The third-order valence-electron chi connectivity index (χ3n) is 2.98. The summed E-state index contributed by atoms with van der Waals surface area (Å²) in [5.74, 6) is 0.509. The summed E-state index contributed by atoms with van der Waals surface area (Å²) in [4.78, 5) is 6.21. The largest absolute Gasteiger partial charge is 0.397 e. The Morgan fingerprint density at radius 3 is 2.70 bits per heavy atom. The van der Waals surface area contributed by atoms with Crippen LogP contribution in [0.15, 0.2) is 30.5 Å². The van der Waals surface area contributed by atoms with Gasteiger partial charge in [-0.3, -0.25) is 0 Å². The van der Waals surface area contributed by atoms with Gasteiger partial charge >= 0.3 is 0 Å². The summed E-state index contributed by atoms with van der Waals surface area (Å²) < 4.78 is 0. The lowest BCUT2D eigenvalue weighted by Crippen LogP contribution is -2.10. The molecule has 1 aromatic heterocycles. The van der Waals surface area contributed by atoms with Crippen LogP contribution in [0.3, 0.4) is 0 Å². The van der Waals surface area contributed by atoms with Crippen LogP contribution in [0.1, 0.15) is 11.1 Å². The number of hydrogen-bond acceptors (Lipinski definition) is 5. The molecule has 102 valence electrons. The van der Waals surface area contributed by atoms with Crippen molar-refractivity contribution in [3.63, 3.8) is 0 Å². The molecular formula is C15H17N5. The molecule has 0 amide bonds. The molecule has 20 heavy (non-hydrogen) atoms. The number of aryl methyl sites for hydroxylation is 1. The van der Waals surface area contributed by atoms with Crippen LogP contribution in [0, 0.1) is 18.3 Å². The van der Waals surface area contributed by atoms with Gasteiger partial charge in [0.15, 0.2) is 0 Å². The maximum Gasteiger partial charge on any atom is 0.148 e. The minimum absolute atomic E-state index is 0.428. The summed E-state index contributed by atoms with van der Waals surface area (Å²) in [5.41, 5.74) is 9.72. The second-order valence-electron chi connectivity index (χ2n) is 4.80. The van der Waals surface area contributed by atoms with Crippen molar-refractivity contribution in [2.45, 2.75) is 6.92 Å². The first kappa shape index (κ1) is 13.7. The van der Waals surface area contributed by atoms with Gasteiger partial charge in [-0.15, -0.1) is 0 Å². The molecule has 0 aliphatic heterocycles. The molecular weight excluding hydrogens is 250 g/mol. The van der Waals surface area contributed by atoms with Gasteiger partial charge in [0.05, 0.1) is 17.4 Å². The molecule has 5 heteroatoms. The van der Waals surface area contributed by atoms with E-state index in [1.165, 1.54) is 11.8 Å². The van der Waals surface area contributed by atoms with E-state index in [0.29, 0.717) is 17.1 Å². The van der Waals surface area contributed by atoms with Crippen molar-refractivity contribution >= 4 is 22.9 Å². The molecule has 0 unspecified atom stereocenters. The van der Waals surface area contributed by atoms with E-state index in [9.17, 15) is 0 Å². The maximum absolute atomic E-state index is 9.11. The average molecular weight is 267 g/mol. The topological polar surface area (TPSA) is 78.0 Å². The van der Waals surface area contributed by atoms with Gasteiger partial charge in [-0.25, -0.2) is 4.98 Å². The monoisotopic (exact) mass is 267 g/mol. The Bertz CT molecular complexity index is 670. The van der Waals surface area contributed by atoms with Crippen molar-refractivity contribution in [2.24, 2.45) is 0 Å². The van der Waals surface area contributed by atoms with Crippen molar-refractivity contribution in [3.8, 4) is 6.07 Å². The van der Waals surface area contributed by atoms with Crippen molar-refractivity contribution in [2.75, 3.05) is 30.0 Å². The summed E-state index contributed by atoms with van der Waals surface area (Å²) in [5, 5.41) is 12.3. The summed E-state index contributed by atoms with van der Waals surface area (Å²) in [6.45, 7) is 2.06. The van der Waals surface area contributed by atoms with Crippen molar-refractivity contribution in [1.29, 1.82) is 5.26 Å². The van der Waals surface area contributed by atoms with E-state index in [0.717, 1.165) is 11.4 Å². The number of nitrogens with zero attached hydrogens (tertiary/aromatic N) is 3. The first-order valence-corrected chi connectivity index (χ1v) is 6.22. The molecule has 1 aromatic carbocycles. The fourth-order valence-electron chi connectivity index (χ4n) is 1.97. The van der Waals surface area contributed by atoms with Gasteiger partial charge in [-0.2, -0.15) is 5.26 Å². The van der Waals surface area contributed by atoms with Crippen molar-refractivity contribution in [3.05, 3.63) is 41.6 Å². The number of rotatable bonds is 3. The lowest BCUT2D eigenvalue weighted by Gasteiger charge is -2.17. The van der Waals surface area contributed by atoms with Crippen LogP contribution >= 0.6 is 0 Å². The first-order valence-electron chi connectivity index (χ1n) is 6.22. The van der Waals surface area contributed by atoms with Gasteiger partial charge in [0, 0.05) is 25.5 Å². The number of nitrogen functional groups attached to an aromatic ring is 1. The Morgan fingerprint density at radius 2 is 2.05 bits per heavy atom. The number of hydrogen-bond donors (Lipinski definition) is 2. The van der Waals surface area contributed by atoms with Crippen LogP contribution in [-0.2, 0) is 0 Å². The smallest absolute Gasteiger partial charge is 0.148 e. The van der Waals surface area contributed by atoms with E-state index in [-0.39, 0.29) is 0 Å². The number of pyridine rings is 1. The molecule has 2 aromatic rings. The number of anilines is 4. The Hall–Kier alpha value is -2.74. The molecule has 1 heterocycles. The number of benzene rings is 1. The fraction of sp³-hybridized carbons (Fsp3) is 0.200. The highest BCUT2D eigenvalue weighted by Gasteiger charge is 2.07. The van der Waals surface area contributed by atoms with Gasteiger partial charge in [-0.05, 0) is 30.7 Å². The minimum Gasteiger partial charge on any atom is -0.397 e. The minimum atomic E-state index is 0.428. The fourth-order valence-corrected chi connectivity index (χ4v) is 1.97. The zero-order valence-corrected chi connectivity index (χ0v) is 11.8. The van der Waals surface area contributed by atoms with Crippen molar-refractivity contribution in [1.82, 2.24) is 4.98 Å². The van der Waals surface area contributed by atoms with Gasteiger partial charge in [0.1, 0.15) is 11.9 Å². The Morgan fingerprint density at radius 1 is 1.30 bits per heavy atom. The lowest BCUT2D eigenvalue weighted by atomic mass is 10.1. The molecule has 0 aliphatic carbocycles. The maximum atomic E-state index is 9.11. The highest BCUT2D eigenvalue weighted by Crippen LogP contribution is 2.26. The standard InChI is InChI=1S/C15H17N5/c1-10-4-5-13(7-14(10)20(2)3)19-15-11(8-16)6-12(17)9-18-15/h4-7,9H,17H2,1-3H3,(H,18,19). The number of nitrogens with two attached hydrogens (primary N) is 1. The molecule has 3 N–H and O–H groups in total. The third kappa shape index (κ3) is 2.81. The molecule has 0 bridgehead atoms. The average Bonchev–Trinajstić information content (AvgIpc) is 2.42. The molecule has 0 atom stereocenters. The second kappa shape index (κ2) is 5.49. The molecule has 0 fully saturated rings. The van der Waals surface area contributed by atoms with Crippen LogP contribution in [0.4, 0.5) is 22.9 Å². The SMILES string of the molecule is Cc1ccc(Nc2ncc(N)cc2C#N)cc1N(C)C. The molecule has 0 radical (unpaired) electrons. The first-order chi connectivity index (χ1) is 9.51. The third-order valence-corrected chi connectivity index (χ3v) is 2.98. The van der Waals surface area contributed by atoms with Crippen LogP contribution in [-0.4, -0.2) is 19.1 Å². The van der Waals surface area contributed by atoms with Gasteiger partial charge in [-0.1, -0.05) is 6.07 Å². The van der Waals surface area contributed by atoms with E-state index in [4.69, 9.17) is 11.0 Å². The highest BCUT2D eigenvalue weighted by molar-refractivity contribution is 5.69. The van der Waals surface area contributed by atoms with Gasteiger partial charge < -0.3 is 16.0 Å². The van der Waals surface area contributed by atoms with E-state index >= 15 is 0 Å². The molecule has 0 spiro atoms. The molecule has 5 nitrogen and oxygen atoms in total. The Labute approximate surface area is 118 Å². The van der Waals surface area contributed by atoms with Crippen LogP contribution in [0.25, 0.3) is 0 Å². The summed E-state index contributed by atoms with van der Waals surface area (Å²) in [6, 6.07) is 9.71. The van der Waals surface area contributed by atoms with E-state index < -0.39 is 0 Å². The zero-order valence-electron chi connectivity index (χ0n) is 11.8. The number of aromatic nitrogens is 1. The van der Waals surface area contributed by atoms with Crippen LogP contribution in [0.2, 0.25) is 0 Å². The summed E-state index contributed by atoms with van der Waals surface area (Å²) >= 11 is 0. The lowest BCUT2D eigenvalue weighted by molar-refractivity contribution is 1.11. The number of nitriles is 1. The zero-order chi connectivity index (χ0) is 14.7. The molecule has 0 saturated carbocycles. The quantitative estimate of drug-likeness (QED) is 0.893. The van der Waals surface area contributed by atoms with E-state index in [2.05, 4.69) is 23.3 Å². The number of nitrogens with one attached hydrogen (secondary N) is 1.